The molecule has 0 spiro atoms. The summed E-state index contributed by atoms with van der Waals surface area (Å²) in [7, 11) is 0. The Morgan fingerprint density at radius 2 is 1.92 bits per heavy atom. The first kappa shape index (κ1) is 16.7. The zero-order valence-electron chi connectivity index (χ0n) is 13.6. The van der Waals surface area contributed by atoms with E-state index in [1.54, 1.807) is 23.2 Å². The third kappa shape index (κ3) is 3.49. The number of rotatable bonds is 5. The molecule has 0 unspecified atom stereocenters. The third-order valence-corrected chi connectivity index (χ3v) is 4.64. The highest BCUT2D eigenvalue weighted by Crippen LogP contribution is 2.29. The van der Waals surface area contributed by atoms with Crippen LogP contribution >= 0.6 is 0 Å². The molecule has 6 heteroatoms. The Hall–Kier alpha value is -2.18. The standard InChI is InChI=1S/C18H23N3O3/c22-13-12-21-16(6-9-19-21)14-7-10-20(11-8-14)18(24)17(23)15-4-2-1-3-5-15/h1-6,9,14,17,22-23H,7-8,10-13H2/t17-/m1/s1. The van der Waals surface area contributed by atoms with Gasteiger partial charge in [-0.05, 0) is 24.5 Å². The number of piperidine rings is 1. The summed E-state index contributed by atoms with van der Waals surface area (Å²) in [4.78, 5) is 14.2. The van der Waals surface area contributed by atoms with Crippen molar-refractivity contribution in [3.63, 3.8) is 0 Å². The number of benzene rings is 1. The van der Waals surface area contributed by atoms with Gasteiger partial charge in [0.25, 0.3) is 5.91 Å². The number of amides is 1. The van der Waals surface area contributed by atoms with Crippen LogP contribution in [0.15, 0.2) is 42.6 Å². The van der Waals surface area contributed by atoms with E-state index in [1.807, 2.05) is 28.9 Å². The van der Waals surface area contributed by atoms with Gasteiger partial charge in [-0.1, -0.05) is 30.3 Å². The van der Waals surface area contributed by atoms with Crippen LogP contribution in [0, 0.1) is 0 Å². The molecule has 0 radical (unpaired) electrons. The summed E-state index contributed by atoms with van der Waals surface area (Å²) in [6.07, 6.45) is 2.33. The van der Waals surface area contributed by atoms with Crippen LogP contribution in [0.2, 0.25) is 0 Å². The van der Waals surface area contributed by atoms with Crippen LogP contribution < -0.4 is 0 Å². The van der Waals surface area contributed by atoms with Gasteiger partial charge in [0.1, 0.15) is 0 Å². The average molecular weight is 329 g/mol. The Morgan fingerprint density at radius 3 is 2.58 bits per heavy atom. The Kier molecular flexibility index (Phi) is 5.27. The largest absolute Gasteiger partial charge is 0.394 e. The van der Waals surface area contributed by atoms with Crippen molar-refractivity contribution < 1.29 is 15.0 Å². The van der Waals surface area contributed by atoms with Crippen LogP contribution in [-0.4, -0.2) is 50.5 Å². The maximum Gasteiger partial charge on any atom is 0.256 e. The zero-order valence-corrected chi connectivity index (χ0v) is 13.6. The first-order chi connectivity index (χ1) is 11.7. The second-order valence-electron chi connectivity index (χ2n) is 6.12. The van der Waals surface area contributed by atoms with Crippen molar-refractivity contribution in [1.29, 1.82) is 0 Å². The number of nitrogens with zero attached hydrogens (tertiary/aromatic N) is 3. The highest BCUT2D eigenvalue weighted by Gasteiger charge is 2.29. The normalized spacial score (nSPS) is 17.0. The molecule has 1 aliphatic rings. The molecule has 6 nitrogen and oxygen atoms in total. The third-order valence-electron chi connectivity index (χ3n) is 4.64. The molecule has 1 atom stereocenters. The lowest BCUT2D eigenvalue weighted by molar-refractivity contribution is -0.141. The molecule has 3 rings (SSSR count). The fourth-order valence-corrected chi connectivity index (χ4v) is 3.32. The summed E-state index contributed by atoms with van der Waals surface area (Å²) < 4.78 is 1.83. The van der Waals surface area contributed by atoms with Gasteiger partial charge in [-0.25, -0.2) is 0 Å². The minimum absolute atomic E-state index is 0.0648. The summed E-state index contributed by atoms with van der Waals surface area (Å²) >= 11 is 0. The molecule has 1 amide bonds. The fraction of sp³-hybridized carbons (Fsp3) is 0.444. The maximum atomic E-state index is 12.5. The van der Waals surface area contributed by atoms with Crippen molar-refractivity contribution in [2.75, 3.05) is 19.7 Å². The van der Waals surface area contributed by atoms with Gasteiger partial charge in [0.15, 0.2) is 6.10 Å². The van der Waals surface area contributed by atoms with Crippen LogP contribution in [0.1, 0.15) is 36.1 Å². The molecule has 1 saturated heterocycles. The van der Waals surface area contributed by atoms with Crippen molar-refractivity contribution in [2.45, 2.75) is 31.4 Å². The van der Waals surface area contributed by atoms with Crippen molar-refractivity contribution in [3.05, 3.63) is 53.9 Å². The molecule has 2 heterocycles. The number of hydrogen-bond donors (Lipinski definition) is 2. The number of aliphatic hydroxyl groups excluding tert-OH is 2. The molecule has 128 valence electrons. The SMILES string of the molecule is O=C([C@H](O)c1ccccc1)N1CCC(c2ccnn2CCO)CC1. The van der Waals surface area contributed by atoms with Gasteiger partial charge in [0, 0.05) is 30.9 Å². The molecule has 0 bridgehead atoms. The lowest BCUT2D eigenvalue weighted by Crippen LogP contribution is -2.41. The molecule has 1 fully saturated rings. The molecular formula is C18H23N3O3. The molecule has 1 aromatic heterocycles. The quantitative estimate of drug-likeness (QED) is 0.867. The maximum absolute atomic E-state index is 12.5. The van der Waals surface area contributed by atoms with Gasteiger partial charge < -0.3 is 15.1 Å². The minimum Gasteiger partial charge on any atom is -0.394 e. The van der Waals surface area contributed by atoms with Crippen LogP contribution in [0.5, 0.6) is 0 Å². The van der Waals surface area contributed by atoms with Crippen LogP contribution in [0.25, 0.3) is 0 Å². The van der Waals surface area contributed by atoms with Gasteiger partial charge >= 0.3 is 0 Å². The summed E-state index contributed by atoms with van der Waals surface area (Å²) in [5.74, 6) is 0.0977. The van der Waals surface area contributed by atoms with E-state index in [0.29, 0.717) is 31.1 Å². The zero-order chi connectivity index (χ0) is 16.9. The first-order valence-corrected chi connectivity index (χ1v) is 8.35. The predicted octanol–water partition coefficient (Wildman–Crippen LogP) is 1.31. The van der Waals surface area contributed by atoms with E-state index in [4.69, 9.17) is 5.11 Å². The molecule has 1 aromatic carbocycles. The Labute approximate surface area is 141 Å². The van der Waals surface area contributed by atoms with Crippen molar-refractivity contribution in [3.8, 4) is 0 Å². The minimum atomic E-state index is -1.09. The van der Waals surface area contributed by atoms with Crippen molar-refractivity contribution >= 4 is 5.91 Å². The van der Waals surface area contributed by atoms with Crippen LogP contribution in [-0.2, 0) is 11.3 Å². The number of likely N-dealkylation sites (tertiary alicyclic amines) is 1. The van der Waals surface area contributed by atoms with E-state index in [9.17, 15) is 9.90 Å². The van der Waals surface area contributed by atoms with E-state index in [-0.39, 0.29) is 12.5 Å². The van der Waals surface area contributed by atoms with Crippen LogP contribution in [0.4, 0.5) is 0 Å². The van der Waals surface area contributed by atoms with Gasteiger partial charge in [-0.3, -0.25) is 9.48 Å². The highest BCUT2D eigenvalue weighted by atomic mass is 16.3. The Balaban J connectivity index is 1.60. The first-order valence-electron chi connectivity index (χ1n) is 8.35. The molecule has 2 aromatic rings. The fourth-order valence-electron chi connectivity index (χ4n) is 3.32. The molecule has 2 N–H and O–H groups in total. The van der Waals surface area contributed by atoms with E-state index in [0.717, 1.165) is 18.5 Å². The monoisotopic (exact) mass is 329 g/mol. The van der Waals surface area contributed by atoms with E-state index in [2.05, 4.69) is 5.10 Å². The smallest absolute Gasteiger partial charge is 0.256 e. The molecule has 0 saturated carbocycles. The highest BCUT2D eigenvalue weighted by molar-refractivity contribution is 5.82. The van der Waals surface area contributed by atoms with Gasteiger partial charge in [-0.15, -0.1) is 0 Å². The number of carbonyl (C=O) groups excluding carboxylic acids is 1. The molecule has 24 heavy (non-hydrogen) atoms. The number of hydrogen-bond acceptors (Lipinski definition) is 4. The van der Waals surface area contributed by atoms with Crippen LogP contribution in [0.3, 0.4) is 0 Å². The number of aromatic nitrogens is 2. The van der Waals surface area contributed by atoms with E-state index in [1.165, 1.54) is 0 Å². The number of aliphatic hydroxyl groups is 2. The summed E-state index contributed by atoms with van der Waals surface area (Å²) in [5.41, 5.74) is 1.74. The summed E-state index contributed by atoms with van der Waals surface area (Å²) in [6, 6.07) is 11.0. The van der Waals surface area contributed by atoms with E-state index >= 15 is 0 Å². The number of carbonyl (C=O) groups is 1. The lowest BCUT2D eigenvalue weighted by Gasteiger charge is -2.33. The second-order valence-corrected chi connectivity index (χ2v) is 6.12. The Morgan fingerprint density at radius 1 is 1.21 bits per heavy atom. The second kappa shape index (κ2) is 7.59. The van der Waals surface area contributed by atoms with Gasteiger partial charge in [0.2, 0.25) is 0 Å². The summed E-state index contributed by atoms with van der Waals surface area (Å²) in [5, 5.41) is 23.6. The van der Waals surface area contributed by atoms with Gasteiger partial charge in [0.05, 0.1) is 13.2 Å². The molecule has 0 aliphatic carbocycles. The topological polar surface area (TPSA) is 78.6 Å². The average Bonchev–Trinajstić information content (AvgIpc) is 3.10. The van der Waals surface area contributed by atoms with Crippen molar-refractivity contribution in [1.82, 2.24) is 14.7 Å². The van der Waals surface area contributed by atoms with Crippen molar-refractivity contribution in [2.24, 2.45) is 0 Å². The van der Waals surface area contributed by atoms with Gasteiger partial charge in [-0.2, -0.15) is 5.10 Å². The Bertz CT molecular complexity index is 663. The molecule has 1 aliphatic heterocycles. The summed E-state index contributed by atoms with van der Waals surface area (Å²) in [6.45, 7) is 1.80. The van der Waals surface area contributed by atoms with E-state index < -0.39 is 6.10 Å². The predicted molar refractivity (Wildman–Crippen MR) is 89.3 cm³/mol. The molecular weight excluding hydrogens is 306 g/mol. The lowest BCUT2D eigenvalue weighted by atomic mass is 9.93.